The molecule has 2 N–H and O–H groups in total. The number of imide groups is 1. The molecule has 0 unspecified atom stereocenters. The summed E-state index contributed by atoms with van der Waals surface area (Å²) in [4.78, 5) is 23.3. The highest BCUT2D eigenvalue weighted by atomic mass is 35.5. The minimum Gasteiger partial charge on any atom is -0.399 e. The van der Waals surface area contributed by atoms with Crippen LogP contribution in [0.1, 0.15) is 5.56 Å². The van der Waals surface area contributed by atoms with Crippen molar-refractivity contribution in [2.75, 3.05) is 10.6 Å². The second kappa shape index (κ2) is 2.99. The van der Waals surface area contributed by atoms with E-state index in [1.165, 1.54) is 0 Å². The van der Waals surface area contributed by atoms with E-state index in [0.717, 1.165) is 10.5 Å². The molecule has 5 heteroatoms. The molecule has 1 aliphatic heterocycles. The molecule has 0 atom stereocenters. The summed E-state index contributed by atoms with van der Waals surface area (Å²) in [5, 5.41) is -0.779. The molecule has 72 valence electrons. The average molecular weight is 211 g/mol. The van der Waals surface area contributed by atoms with Crippen LogP contribution in [0.5, 0.6) is 0 Å². The highest BCUT2D eigenvalue weighted by molar-refractivity contribution is 6.68. The number of rotatable bonds is 0. The van der Waals surface area contributed by atoms with Gasteiger partial charge in [-0.3, -0.25) is 9.59 Å². The second-order valence-corrected chi connectivity index (χ2v) is 3.37. The number of fused-ring (bicyclic) bond motifs is 1. The lowest BCUT2D eigenvalue weighted by Crippen LogP contribution is -2.28. The quantitative estimate of drug-likeness (QED) is 0.401. The fourth-order valence-corrected chi connectivity index (χ4v) is 1.72. The van der Waals surface area contributed by atoms with Gasteiger partial charge in [-0.25, -0.2) is 4.90 Å². The highest BCUT2D eigenvalue weighted by Gasteiger charge is 2.31. The van der Waals surface area contributed by atoms with Gasteiger partial charge in [0.25, 0.3) is 0 Å². The van der Waals surface area contributed by atoms with Crippen LogP contribution in [-0.2, 0) is 11.2 Å². The van der Waals surface area contributed by atoms with Gasteiger partial charge in [0, 0.05) is 5.69 Å². The van der Waals surface area contributed by atoms with Gasteiger partial charge in [-0.2, -0.15) is 0 Å². The molecule has 2 rings (SSSR count). The van der Waals surface area contributed by atoms with Crippen molar-refractivity contribution in [3.05, 3.63) is 23.8 Å². The lowest BCUT2D eigenvalue weighted by atomic mass is 10.1. The van der Waals surface area contributed by atoms with E-state index in [2.05, 4.69) is 0 Å². The smallest absolute Gasteiger partial charge is 0.327 e. The molecule has 0 bridgehead atoms. The van der Waals surface area contributed by atoms with Crippen molar-refractivity contribution in [1.29, 1.82) is 0 Å². The Hall–Kier alpha value is -1.55. The lowest BCUT2D eigenvalue weighted by molar-refractivity contribution is -0.116. The molecular formula is C9H7ClN2O2. The molecule has 0 spiro atoms. The first-order chi connectivity index (χ1) is 6.59. The Bertz CT molecular complexity index is 431. The van der Waals surface area contributed by atoms with Crippen LogP contribution in [0.4, 0.5) is 16.2 Å². The number of hydrogen-bond donors (Lipinski definition) is 1. The van der Waals surface area contributed by atoms with Gasteiger partial charge in [0.1, 0.15) is 0 Å². The SMILES string of the molecule is Nc1ccc2c(c1)CC(=O)N2C(=O)Cl. The molecule has 0 aliphatic carbocycles. The van der Waals surface area contributed by atoms with Crippen LogP contribution in [0.15, 0.2) is 18.2 Å². The molecule has 0 fully saturated rings. The van der Waals surface area contributed by atoms with Crippen molar-refractivity contribution in [2.45, 2.75) is 6.42 Å². The van der Waals surface area contributed by atoms with Crippen LogP contribution >= 0.6 is 11.6 Å². The zero-order valence-electron chi connectivity index (χ0n) is 7.16. The monoisotopic (exact) mass is 210 g/mol. The van der Waals surface area contributed by atoms with Gasteiger partial charge in [0.15, 0.2) is 0 Å². The Morgan fingerprint density at radius 1 is 1.50 bits per heavy atom. The van der Waals surface area contributed by atoms with E-state index in [0.29, 0.717) is 11.4 Å². The third-order valence-electron chi connectivity index (χ3n) is 2.11. The number of carbonyl (C=O) groups excluding carboxylic acids is 2. The summed E-state index contributed by atoms with van der Waals surface area (Å²) in [7, 11) is 0. The number of carbonyl (C=O) groups is 2. The lowest BCUT2D eigenvalue weighted by Gasteiger charge is -2.10. The summed E-state index contributed by atoms with van der Waals surface area (Å²) in [6.45, 7) is 0. The van der Waals surface area contributed by atoms with Crippen molar-refractivity contribution in [3.63, 3.8) is 0 Å². The van der Waals surface area contributed by atoms with Crippen LogP contribution in [0.25, 0.3) is 0 Å². The largest absolute Gasteiger partial charge is 0.399 e. The Labute approximate surface area is 85.2 Å². The van der Waals surface area contributed by atoms with Crippen molar-refractivity contribution < 1.29 is 9.59 Å². The minimum atomic E-state index is -0.779. The van der Waals surface area contributed by atoms with E-state index in [1.807, 2.05) is 0 Å². The van der Waals surface area contributed by atoms with Gasteiger partial charge >= 0.3 is 5.37 Å². The zero-order valence-corrected chi connectivity index (χ0v) is 7.91. The predicted molar refractivity (Wildman–Crippen MR) is 53.3 cm³/mol. The van der Waals surface area contributed by atoms with E-state index in [-0.39, 0.29) is 12.3 Å². The first kappa shape index (κ1) is 9.02. The van der Waals surface area contributed by atoms with Crippen molar-refractivity contribution in [1.82, 2.24) is 0 Å². The molecule has 0 saturated carbocycles. The number of benzene rings is 1. The first-order valence-electron chi connectivity index (χ1n) is 4.00. The van der Waals surface area contributed by atoms with Crippen molar-refractivity contribution in [3.8, 4) is 0 Å². The maximum atomic E-state index is 11.4. The molecule has 14 heavy (non-hydrogen) atoms. The molecule has 4 nitrogen and oxygen atoms in total. The molecule has 1 aliphatic rings. The van der Waals surface area contributed by atoms with E-state index >= 15 is 0 Å². The third kappa shape index (κ3) is 1.24. The Morgan fingerprint density at radius 3 is 2.86 bits per heavy atom. The number of anilines is 2. The minimum absolute atomic E-state index is 0.179. The number of nitrogen functional groups attached to an aromatic ring is 1. The normalized spacial score (nSPS) is 14.4. The van der Waals surface area contributed by atoms with Crippen molar-refractivity contribution in [2.24, 2.45) is 0 Å². The molecule has 1 heterocycles. The van der Waals surface area contributed by atoms with E-state index < -0.39 is 5.37 Å². The summed E-state index contributed by atoms with van der Waals surface area (Å²) in [5.41, 5.74) is 7.39. The molecular weight excluding hydrogens is 204 g/mol. The summed E-state index contributed by atoms with van der Waals surface area (Å²) < 4.78 is 0. The van der Waals surface area contributed by atoms with Gasteiger partial charge < -0.3 is 5.73 Å². The summed E-state index contributed by atoms with van der Waals surface area (Å²) in [6, 6.07) is 4.92. The topological polar surface area (TPSA) is 63.4 Å². The Morgan fingerprint density at radius 2 is 2.21 bits per heavy atom. The van der Waals surface area contributed by atoms with Crippen LogP contribution in [0, 0.1) is 0 Å². The zero-order chi connectivity index (χ0) is 10.3. The summed E-state index contributed by atoms with van der Waals surface area (Å²) >= 11 is 5.28. The number of amides is 2. The van der Waals surface area contributed by atoms with Gasteiger partial charge in [-0.15, -0.1) is 0 Å². The van der Waals surface area contributed by atoms with Crippen molar-refractivity contribution >= 4 is 34.2 Å². The van der Waals surface area contributed by atoms with Crippen LogP contribution < -0.4 is 10.6 Å². The maximum Gasteiger partial charge on any atom is 0.327 e. The fourth-order valence-electron chi connectivity index (χ4n) is 1.53. The number of halogens is 1. The Kier molecular flexibility index (Phi) is 1.93. The number of nitrogens with two attached hydrogens (primary N) is 1. The fraction of sp³-hybridized carbons (Fsp3) is 0.111. The second-order valence-electron chi connectivity index (χ2n) is 3.05. The van der Waals surface area contributed by atoms with Gasteiger partial charge in [-0.05, 0) is 35.4 Å². The van der Waals surface area contributed by atoms with Crippen LogP contribution in [0.2, 0.25) is 0 Å². The summed E-state index contributed by atoms with van der Waals surface area (Å²) in [6.07, 6.45) is 0.179. The Balaban J connectivity index is 2.53. The molecule has 1 aromatic carbocycles. The van der Waals surface area contributed by atoms with Gasteiger partial charge in [0.05, 0.1) is 12.1 Å². The molecule has 2 amide bonds. The average Bonchev–Trinajstić information content (AvgIpc) is 2.39. The maximum absolute atomic E-state index is 11.4. The van der Waals surface area contributed by atoms with E-state index in [4.69, 9.17) is 17.3 Å². The molecule has 0 aromatic heterocycles. The van der Waals surface area contributed by atoms with Gasteiger partial charge in [0.2, 0.25) is 5.91 Å². The molecule has 1 aromatic rings. The van der Waals surface area contributed by atoms with E-state index in [9.17, 15) is 9.59 Å². The third-order valence-corrected chi connectivity index (χ3v) is 2.28. The van der Waals surface area contributed by atoms with E-state index in [1.54, 1.807) is 18.2 Å². The predicted octanol–water partition coefficient (Wildman–Crippen LogP) is 1.52. The van der Waals surface area contributed by atoms with Gasteiger partial charge in [-0.1, -0.05) is 0 Å². The van der Waals surface area contributed by atoms with Crippen LogP contribution in [0.3, 0.4) is 0 Å². The molecule has 0 saturated heterocycles. The number of nitrogens with zero attached hydrogens (tertiary/aromatic N) is 1. The molecule has 0 radical (unpaired) electrons. The van der Waals surface area contributed by atoms with Crippen LogP contribution in [-0.4, -0.2) is 11.3 Å². The number of hydrogen-bond acceptors (Lipinski definition) is 3. The highest BCUT2D eigenvalue weighted by Crippen LogP contribution is 2.31. The standard InChI is InChI=1S/C9H7ClN2O2/c10-9(14)12-7-2-1-6(11)3-5(7)4-8(12)13/h1-3H,4,11H2. The first-order valence-corrected chi connectivity index (χ1v) is 4.38. The summed E-state index contributed by atoms with van der Waals surface area (Å²) in [5.74, 6) is -0.314.